The number of nitrogens with zero attached hydrogens (tertiary/aromatic N) is 2. The van der Waals surface area contributed by atoms with E-state index in [4.69, 9.17) is 23.8 Å². The van der Waals surface area contributed by atoms with E-state index in [0.29, 0.717) is 30.2 Å². The molecule has 3 aliphatic heterocycles. The molecule has 3 aliphatic rings. The van der Waals surface area contributed by atoms with Crippen molar-refractivity contribution in [1.29, 1.82) is 0 Å². The van der Waals surface area contributed by atoms with Crippen molar-refractivity contribution in [3.63, 3.8) is 0 Å². The number of rotatable bonds is 8. The number of methoxy groups -OCH3 is 4. The molecule has 40 heavy (non-hydrogen) atoms. The molecule has 0 aromatic heterocycles. The number of fused-ring (bicyclic) bond motifs is 4. The number of carbonyl (C=O) groups is 1. The number of hydroxylamine groups is 2. The van der Waals surface area contributed by atoms with E-state index in [9.17, 15) is 4.79 Å². The van der Waals surface area contributed by atoms with Crippen molar-refractivity contribution in [2.45, 2.75) is 58.0 Å². The van der Waals surface area contributed by atoms with Crippen LogP contribution in [0.2, 0.25) is 0 Å². The fourth-order valence-electron chi connectivity index (χ4n) is 7.66. The van der Waals surface area contributed by atoms with Crippen LogP contribution in [-0.4, -0.2) is 70.6 Å². The van der Waals surface area contributed by atoms with Crippen molar-refractivity contribution in [3.8, 4) is 23.0 Å². The minimum atomic E-state index is -0.281. The average Bonchev–Trinajstić information content (AvgIpc) is 2.96. The molecule has 8 nitrogen and oxygen atoms in total. The Morgan fingerprint density at radius 2 is 1.45 bits per heavy atom. The fourth-order valence-corrected chi connectivity index (χ4v) is 7.66. The largest absolute Gasteiger partial charge is 0.493 e. The van der Waals surface area contributed by atoms with Gasteiger partial charge in [-0.05, 0) is 66.1 Å². The van der Waals surface area contributed by atoms with Gasteiger partial charge in [-0.15, -0.1) is 5.06 Å². The Balaban J connectivity index is 1.52. The number of piperidine rings is 1. The van der Waals surface area contributed by atoms with Crippen LogP contribution in [0.5, 0.6) is 23.0 Å². The molecule has 0 N–H and O–H groups in total. The smallest absolute Gasteiger partial charge is 0.322 e. The summed E-state index contributed by atoms with van der Waals surface area (Å²) >= 11 is 0. The Hall–Kier alpha value is -2.97. The molecule has 1 saturated heterocycles. The molecule has 0 spiro atoms. The Labute approximate surface area is 238 Å². The highest BCUT2D eigenvalue weighted by atomic mass is 16.7. The Bertz CT molecular complexity index is 1250. The van der Waals surface area contributed by atoms with Gasteiger partial charge in [0, 0.05) is 37.8 Å². The van der Waals surface area contributed by atoms with Gasteiger partial charge in [0.1, 0.15) is 6.04 Å². The van der Waals surface area contributed by atoms with E-state index in [1.165, 1.54) is 29.2 Å². The van der Waals surface area contributed by atoms with Gasteiger partial charge in [0.25, 0.3) is 0 Å². The quantitative estimate of drug-likeness (QED) is 0.412. The highest BCUT2D eigenvalue weighted by Gasteiger charge is 2.49. The van der Waals surface area contributed by atoms with Crippen molar-refractivity contribution in [2.75, 3.05) is 55.1 Å². The maximum absolute atomic E-state index is 12.2. The molecular formula is C32H45N2O6+. The molecule has 0 aliphatic carbocycles. The zero-order valence-corrected chi connectivity index (χ0v) is 25.1. The van der Waals surface area contributed by atoms with Gasteiger partial charge in [0.2, 0.25) is 0 Å². The number of likely N-dealkylation sites (N-methyl/N-ethyl adjacent to an activating group) is 1. The molecule has 5 atom stereocenters. The third-order valence-electron chi connectivity index (χ3n) is 9.74. The predicted molar refractivity (Wildman–Crippen MR) is 153 cm³/mol. The van der Waals surface area contributed by atoms with Crippen LogP contribution in [0.1, 0.15) is 67.4 Å². The van der Waals surface area contributed by atoms with Gasteiger partial charge >= 0.3 is 5.97 Å². The number of benzene rings is 2. The highest BCUT2D eigenvalue weighted by Crippen LogP contribution is 2.51. The molecule has 0 unspecified atom stereocenters. The summed E-state index contributed by atoms with van der Waals surface area (Å²) in [5.41, 5.74) is 5.15. The lowest BCUT2D eigenvalue weighted by Gasteiger charge is -2.54. The summed E-state index contributed by atoms with van der Waals surface area (Å²) < 4.78 is 23.7. The summed E-state index contributed by atoms with van der Waals surface area (Å²) in [6.07, 6.45) is 4.94. The minimum Gasteiger partial charge on any atom is -0.493 e. The van der Waals surface area contributed by atoms with Crippen LogP contribution >= 0.6 is 0 Å². The zero-order chi connectivity index (χ0) is 28.6. The number of hydrogen-bond acceptors (Lipinski definition) is 7. The number of quaternary nitrogens is 1. The first-order valence-electron chi connectivity index (χ1n) is 14.5. The van der Waals surface area contributed by atoms with Gasteiger partial charge in [0.05, 0.1) is 54.6 Å². The Morgan fingerprint density at radius 1 is 0.875 bits per heavy atom. The maximum atomic E-state index is 12.2. The molecule has 8 heteroatoms. The predicted octanol–water partition coefficient (Wildman–Crippen LogP) is 5.28. The SMILES string of the molecule is CC[C@@H]1C[N@+]2(C)CCc3cc(OC)c(OC)cc3[C@@H]2C[C@@H]1C[C@H]1c2cc(OC)c(OC)cc2CCN1OC(C)=O. The average molecular weight is 554 g/mol. The second kappa shape index (κ2) is 11.5. The molecule has 3 heterocycles. The molecule has 0 bridgehead atoms. The van der Waals surface area contributed by atoms with Crippen LogP contribution in [0.3, 0.4) is 0 Å². The van der Waals surface area contributed by atoms with Gasteiger partial charge in [-0.3, -0.25) is 4.79 Å². The monoisotopic (exact) mass is 553 g/mol. The lowest BCUT2D eigenvalue weighted by atomic mass is 9.71. The first-order valence-corrected chi connectivity index (χ1v) is 14.5. The summed E-state index contributed by atoms with van der Waals surface area (Å²) in [6, 6.07) is 8.92. The second-order valence-electron chi connectivity index (χ2n) is 11.9. The molecule has 5 rings (SSSR count). The molecule has 0 saturated carbocycles. The second-order valence-corrected chi connectivity index (χ2v) is 11.9. The molecule has 218 valence electrons. The first-order chi connectivity index (χ1) is 19.2. The van der Waals surface area contributed by atoms with Crippen LogP contribution < -0.4 is 18.9 Å². The van der Waals surface area contributed by atoms with Crippen molar-refractivity contribution >= 4 is 5.97 Å². The lowest BCUT2D eigenvalue weighted by molar-refractivity contribution is -0.951. The van der Waals surface area contributed by atoms with E-state index in [2.05, 4.69) is 38.2 Å². The molecule has 2 aromatic rings. The van der Waals surface area contributed by atoms with Crippen molar-refractivity contribution < 1.29 is 33.1 Å². The number of hydrogen-bond donors (Lipinski definition) is 0. The molecule has 1 fully saturated rings. The topological polar surface area (TPSA) is 66.5 Å². The van der Waals surface area contributed by atoms with E-state index < -0.39 is 0 Å². The third kappa shape index (κ3) is 5.12. The van der Waals surface area contributed by atoms with Crippen LogP contribution in [-0.2, 0) is 22.5 Å². The van der Waals surface area contributed by atoms with Crippen LogP contribution in [0.15, 0.2) is 24.3 Å². The van der Waals surface area contributed by atoms with Crippen LogP contribution in [0.4, 0.5) is 0 Å². The highest BCUT2D eigenvalue weighted by molar-refractivity contribution is 5.65. The van der Waals surface area contributed by atoms with E-state index >= 15 is 0 Å². The maximum Gasteiger partial charge on any atom is 0.322 e. The normalized spacial score (nSPS) is 27.6. The van der Waals surface area contributed by atoms with Gasteiger partial charge in [-0.2, -0.15) is 0 Å². The van der Waals surface area contributed by atoms with E-state index in [1.807, 2.05) is 5.06 Å². The summed E-state index contributed by atoms with van der Waals surface area (Å²) in [4.78, 5) is 18.0. The van der Waals surface area contributed by atoms with Gasteiger partial charge in [-0.25, -0.2) is 0 Å². The van der Waals surface area contributed by atoms with E-state index in [-0.39, 0.29) is 12.0 Å². The Kier molecular flexibility index (Phi) is 8.20. The fraction of sp³-hybridized carbons (Fsp3) is 0.594. The first kappa shape index (κ1) is 28.6. The molecule has 0 amide bonds. The number of ether oxygens (including phenoxy) is 4. The molecule has 2 aromatic carbocycles. The summed E-state index contributed by atoms with van der Waals surface area (Å²) in [5.74, 6) is 3.80. The number of carbonyl (C=O) groups excluding carboxylic acids is 1. The Morgan fingerprint density at radius 3 is 2.02 bits per heavy atom. The van der Waals surface area contributed by atoms with Gasteiger partial charge in [0.15, 0.2) is 23.0 Å². The van der Waals surface area contributed by atoms with E-state index in [0.717, 1.165) is 66.9 Å². The third-order valence-corrected chi connectivity index (χ3v) is 9.74. The standard InChI is InChI=1S/C32H45N2O6/c1-8-21-19-34(3)12-10-23-16-30(37-5)32(39-7)18-26(23)28(34)14-24(21)13-27-25-17-31(38-6)29(36-4)15-22(25)9-11-33(27)40-20(2)35/h15-18,21,24,27-28H,8-14,19H2,1-7H3/q+1/t21-,24+,27+,28+,34+/m1/s1. The summed E-state index contributed by atoms with van der Waals surface area (Å²) in [7, 11) is 9.19. The minimum absolute atomic E-state index is 0.0446. The zero-order valence-electron chi connectivity index (χ0n) is 25.1. The van der Waals surface area contributed by atoms with Gasteiger partial charge < -0.3 is 28.3 Å². The molecule has 0 radical (unpaired) electrons. The lowest BCUT2D eigenvalue weighted by Crippen LogP contribution is -2.58. The van der Waals surface area contributed by atoms with E-state index in [1.54, 1.807) is 28.4 Å². The molecular weight excluding hydrogens is 508 g/mol. The van der Waals surface area contributed by atoms with Crippen molar-refractivity contribution in [2.24, 2.45) is 11.8 Å². The van der Waals surface area contributed by atoms with Crippen LogP contribution in [0.25, 0.3) is 0 Å². The summed E-state index contributed by atoms with van der Waals surface area (Å²) in [6.45, 7) is 6.73. The van der Waals surface area contributed by atoms with Crippen LogP contribution in [0, 0.1) is 11.8 Å². The van der Waals surface area contributed by atoms with Crippen molar-refractivity contribution in [1.82, 2.24) is 5.06 Å². The van der Waals surface area contributed by atoms with Gasteiger partial charge in [-0.1, -0.05) is 6.92 Å². The summed E-state index contributed by atoms with van der Waals surface area (Å²) in [5, 5.41) is 1.91. The van der Waals surface area contributed by atoms with Crippen molar-refractivity contribution in [3.05, 3.63) is 46.5 Å².